The van der Waals surface area contributed by atoms with Crippen LogP contribution in [0.5, 0.6) is 5.75 Å². The van der Waals surface area contributed by atoms with E-state index >= 15 is 0 Å². The Morgan fingerprint density at radius 2 is 1.84 bits per heavy atom. The zero-order valence-corrected chi connectivity index (χ0v) is 19.0. The minimum atomic E-state index is -0.506. The second-order valence-corrected chi connectivity index (χ2v) is 7.98. The summed E-state index contributed by atoms with van der Waals surface area (Å²) in [5, 5.41) is 21.8. The number of nitrogens with zero attached hydrogens (tertiary/aromatic N) is 2. The summed E-state index contributed by atoms with van der Waals surface area (Å²) in [6.45, 7) is 0.266. The lowest BCUT2D eigenvalue weighted by atomic mass is 10.1. The lowest BCUT2D eigenvalue weighted by Gasteiger charge is -2.10. The van der Waals surface area contributed by atoms with Gasteiger partial charge in [-0.1, -0.05) is 35.9 Å². The van der Waals surface area contributed by atoms with Gasteiger partial charge in [0, 0.05) is 16.3 Å². The molecule has 3 aromatic rings. The van der Waals surface area contributed by atoms with Gasteiger partial charge in [0.2, 0.25) is 0 Å². The van der Waals surface area contributed by atoms with Crippen LogP contribution in [0.25, 0.3) is 6.08 Å². The molecule has 0 unspecified atom stereocenters. The van der Waals surface area contributed by atoms with E-state index in [0.717, 1.165) is 9.13 Å². The number of benzene rings is 3. The SMILES string of the molecule is N#C/C(=C/c1ccc(OCc2ccccc2C#N)c(I)c1)C(=O)Nc1ccc(Cl)cc1. The summed E-state index contributed by atoms with van der Waals surface area (Å²) >= 11 is 7.97. The van der Waals surface area contributed by atoms with Gasteiger partial charge in [0.15, 0.2) is 0 Å². The van der Waals surface area contributed by atoms with Gasteiger partial charge in [-0.15, -0.1) is 0 Å². The number of anilines is 1. The van der Waals surface area contributed by atoms with Crippen molar-refractivity contribution in [2.24, 2.45) is 0 Å². The Bertz CT molecular complexity index is 1220. The normalized spacial score (nSPS) is 10.6. The first-order chi connectivity index (χ1) is 15.0. The summed E-state index contributed by atoms with van der Waals surface area (Å²) in [4.78, 5) is 12.4. The van der Waals surface area contributed by atoms with Crippen molar-refractivity contribution in [3.05, 3.63) is 97.6 Å². The molecule has 0 fully saturated rings. The molecule has 0 spiro atoms. The molecule has 1 N–H and O–H groups in total. The van der Waals surface area contributed by atoms with Crippen LogP contribution in [0.1, 0.15) is 16.7 Å². The highest BCUT2D eigenvalue weighted by Crippen LogP contribution is 2.25. The second-order valence-electron chi connectivity index (χ2n) is 6.38. The van der Waals surface area contributed by atoms with E-state index < -0.39 is 5.91 Å². The molecular formula is C24H15ClIN3O2. The van der Waals surface area contributed by atoms with Gasteiger partial charge >= 0.3 is 0 Å². The van der Waals surface area contributed by atoms with Crippen molar-refractivity contribution in [1.82, 2.24) is 0 Å². The Balaban J connectivity index is 1.72. The van der Waals surface area contributed by atoms with Crippen LogP contribution < -0.4 is 10.1 Å². The molecule has 3 rings (SSSR count). The zero-order chi connectivity index (χ0) is 22.2. The van der Waals surface area contributed by atoms with Crippen LogP contribution in [0.15, 0.2) is 72.3 Å². The molecule has 0 radical (unpaired) electrons. The number of amides is 1. The molecule has 0 aromatic heterocycles. The van der Waals surface area contributed by atoms with Crippen LogP contribution in [0.4, 0.5) is 5.69 Å². The first kappa shape index (κ1) is 22.4. The van der Waals surface area contributed by atoms with Gasteiger partial charge < -0.3 is 10.1 Å². The minimum Gasteiger partial charge on any atom is -0.488 e. The zero-order valence-electron chi connectivity index (χ0n) is 16.1. The fraction of sp³-hybridized carbons (Fsp3) is 0.0417. The van der Waals surface area contributed by atoms with Crippen molar-refractivity contribution in [3.8, 4) is 17.9 Å². The third kappa shape index (κ3) is 6.08. The van der Waals surface area contributed by atoms with E-state index in [4.69, 9.17) is 16.3 Å². The molecule has 31 heavy (non-hydrogen) atoms. The molecular weight excluding hydrogens is 525 g/mol. The van der Waals surface area contributed by atoms with E-state index in [1.807, 2.05) is 30.3 Å². The molecule has 0 atom stereocenters. The Hall–Kier alpha value is -3.33. The maximum absolute atomic E-state index is 12.4. The lowest BCUT2D eigenvalue weighted by Crippen LogP contribution is -2.13. The maximum atomic E-state index is 12.4. The third-order valence-electron chi connectivity index (χ3n) is 4.26. The molecule has 0 bridgehead atoms. The lowest BCUT2D eigenvalue weighted by molar-refractivity contribution is -0.112. The molecule has 0 heterocycles. The van der Waals surface area contributed by atoms with Gasteiger partial charge in [-0.05, 0) is 76.7 Å². The van der Waals surface area contributed by atoms with Crippen LogP contribution in [-0.2, 0) is 11.4 Å². The Morgan fingerprint density at radius 3 is 2.52 bits per heavy atom. The summed E-state index contributed by atoms with van der Waals surface area (Å²) in [7, 11) is 0. The largest absolute Gasteiger partial charge is 0.488 e. The third-order valence-corrected chi connectivity index (χ3v) is 5.35. The number of ether oxygens (including phenoxy) is 1. The molecule has 3 aromatic carbocycles. The second kappa shape index (κ2) is 10.6. The summed E-state index contributed by atoms with van der Waals surface area (Å²) in [6.07, 6.45) is 1.52. The quantitative estimate of drug-likeness (QED) is 0.239. The number of hydrogen-bond acceptors (Lipinski definition) is 4. The first-order valence-corrected chi connectivity index (χ1v) is 10.5. The van der Waals surface area contributed by atoms with Crippen LogP contribution in [0.3, 0.4) is 0 Å². The average Bonchev–Trinajstić information content (AvgIpc) is 2.78. The number of halogens is 2. The van der Waals surface area contributed by atoms with Crippen molar-refractivity contribution in [2.45, 2.75) is 6.61 Å². The highest BCUT2D eigenvalue weighted by Gasteiger charge is 2.11. The van der Waals surface area contributed by atoms with E-state index in [-0.39, 0.29) is 12.2 Å². The summed E-state index contributed by atoms with van der Waals surface area (Å²) in [5.74, 6) is 0.142. The molecule has 0 saturated heterocycles. The van der Waals surface area contributed by atoms with E-state index in [0.29, 0.717) is 27.6 Å². The maximum Gasteiger partial charge on any atom is 0.266 e. The van der Waals surface area contributed by atoms with Crippen molar-refractivity contribution in [1.29, 1.82) is 10.5 Å². The molecule has 0 aliphatic rings. The van der Waals surface area contributed by atoms with Crippen LogP contribution in [-0.4, -0.2) is 5.91 Å². The van der Waals surface area contributed by atoms with Crippen LogP contribution in [0, 0.1) is 26.2 Å². The predicted molar refractivity (Wildman–Crippen MR) is 128 cm³/mol. The van der Waals surface area contributed by atoms with E-state index in [9.17, 15) is 15.3 Å². The van der Waals surface area contributed by atoms with Gasteiger partial charge in [-0.2, -0.15) is 10.5 Å². The number of nitriles is 2. The topological polar surface area (TPSA) is 85.9 Å². The Morgan fingerprint density at radius 1 is 1.10 bits per heavy atom. The van der Waals surface area contributed by atoms with Crippen molar-refractivity contribution < 1.29 is 9.53 Å². The summed E-state index contributed by atoms with van der Waals surface area (Å²) in [6, 6.07) is 23.3. The number of carbonyl (C=O) groups excluding carboxylic acids is 1. The summed E-state index contributed by atoms with van der Waals surface area (Å²) < 4.78 is 6.67. The fourth-order valence-electron chi connectivity index (χ4n) is 2.68. The molecule has 152 valence electrons. The first-order valence-electron chi connectivity index (χ1n) is 9.09. The van der Waals surface area contributed by atoms with Crippen molar-refractivity contribution in [2.75, 3.05) is 5.32 Å². The standard InChI is InChI=1S/C24H15ClIN3O2/c25-20-6-8-21(9-7-20)29-24(30)19(14-28)11-16-5-10-23(22(26)12-16)31-15-18-4-2-1-3-17(18)13-27/h1-12H,15H2,(H,29,30)/b19-11-. The average molecular weight is 540 g/mol. The van der Waals surface area contributed by atoms with Crippen LogP contribution >= 0.6 is 34.2 Å². The van der Waals surface area contributed by atoms with Crippen molar-refractivity contribution in [3.63, 3.8) is 0 Å². The van der Waals surface area contributed by atoms with Gasteiger partial charge in [-0.25, -0.2) is 0 Å². The number of carbonyl (C=O) groups is 1. The minimum absolute atomic E-state index is 0.0256. The Labute approximate surface area is 198 Å². The summed E-state index contributed by atoms with van der Waals surface area (Å²) in [5.41, 5.74) is 2.59. The van der Waals surface area contributed by atoms with Gasteiger partial charge in [-0.3, -0.25) is 4.79 Å². The Kier molecular flexibility index (Phi) is 7.66. The monoisotopic (exact) mass is 539 g/mol. The molecule has 0 saturated carbocycles. The van der Waals surface area contributed by atoms with E-state index in [2.05, 4.69) is 34.0 Å². The van der Waals surface area contributed by atoms with Crippen LogP contribution in [0.2, 0.25) is 5.02 Å². The molecule has 0 aliphatic heterocycles. The number of hydrogen-bond donors (Lipinski definition) is 1. The fourth-order valence-corrected chi connectivity index (χ4v) is 3.50. The predicted octanol–water partition coefficient (Wildman–Crippen LogP) is 5.94. The molecule has 0 aliphatic carbocycles. The molecule has 5 nitrogen and oxygen atoms in total. The van der Waals surface area contributed by atoms with E-state index in [1.165, 1.54) is 6.08 Å². The van der Waals surface area contributed by atoms with Gasteiger partial charge in [0.05, 0.1) is 15.2 Å². The molecule has 1 amide bonds. The van der Waals surface area contributed by atoms with Crippen molar-refractivity contribution >= 4 is 51.9 Å². The molecule has 7 heteroatoms. The number of rotatable bonds is 6. The van der Waals surface area contributed by atoms with Gasteiger partial charge in [0.1, 0.15) is 24.0 Å². The highest BCUT2D eigenvalue weighted by atomic mass is 127. The van der Waals surface area contributed by atoms with Gasteiger partial charge in [0.25, 0.3) is 5.91 Å². The smallest absolute Gasteiger partial charge is 0.266 e. The van der Waals surface area contributed by atoms with E-state index in [1.54, 1.807) is 42.5 Å². The highest BCUT2D eigenvalue weighted by molar-refractivity contribution is 14.1. The number of nitrogens with one attached hydrogen (secondary N) is 1.